The first-order chi connectivity index (χ1) is 7.65. The average molecular weight is 224 g/mol. The SMILES string of the molecule is C=CCC(C)C(C)NC1CCCCNC1=O. The van der Waals surface area contributed by atoms with Crippen LogP contribution >= 0.6 is 0 Å². The van der Waals surface area contributed by atoms with Gasteiger partial charge in [-0.3, -0.25) is 4.79 Å². The Morgan fingerprint density at radius 2 is 2.31 bits per heavy atom. The maximum atomic E-state index is 11.7. The molecule has 1 rings (SSSR count). The number of allylic oxidation sites excluding steroid dienone is 1. The number of amides is 1. The molecular weight excluding hydrogens is 200 g/mol. The highest BCUT2D eigenvalue weighted by atomic mass is 16.2. The molecule has 1 heterocycles. The molecule has 3 atom stereocenters. The van der Waals surface area contributed by atoms with Crippen LogP contribution in [0.25, 0.3) is 0 Å². The van der Waals surface area contributed by atoms with E-state index in [4.69, 9.17) is 0 Å². The molecule has 92 valence electrons. The zero-order chi connectivity index (χ0) is 12.0. The van der Waals surface area contributed by atoms with Crippen LogP contribution in [0.3, 0.4) is 0 Å². The van der Waals surface area contributed by atoms with Gasteiger partial charge in [0, 0.05) is 12.6 Å². The van der Waals surface area contributed by atoms with E-state index in [0.29, 0.717) is 12.0 Å². The van der Waals surface area contributed by atoms with Crippen LogP contribution in [0.5, 0.6) is 0 Å². The van der Waals surface area contributed by atoms with Crippen molar-refractivity contribution in [2.45, 2.75) is 51.6 Å². The number of hydrogen-bond donors (Lipinski definition) is 2. The van der Waals surface area contributed by atoms with Gasteiger partial charge in [0.2, 0.25) is 5.91 Å². The maximum Gasteiger partial charge on any atom is 0.237 e. The average Bonchev–Trinajstić information content (AvgIpc) is 2.45. The van der Waals surface area contributed by atoms with E-state index in [9.17, 15) is 4.79 Å². The molecule has 3 heteroatoms. The second-order valence-electron chi connectivity index (χ2n) is 4.80. The molecule has 3 nitrogen and oxygen atoms in total. The molecule has 0 aromatic heterocycles. The lowest BCUT2D eigenvalue weighted by Crippen LogP contribution is -2.48. The van der Waals surface area contributed by atoms with Crippen molar-refractivity contribution in [1.29, 1.82) is 0 Å². The standard InChI is InChI=1S/C13H24N2O/c1-4-7-10(2)11(3)15-12-8-5-6-9-14-13(12)16/h4,10-12,15H,1,5-9H2,2-3H3,(H,14,16). The Hall–Kier alpha value is -0.830. The van der Waals surface area contributed by atoms with E-state index >= 15 is 0 Å². The third-order valence-corrected chi connectivity index (χ3v) is 3.39. The smallest absolute Gasteiger partial charge is 0.237 e. The Labute approximate surface area is 98.7 Å². The van der Waals surface area contributed by atoms with Crippen LogP contribution in [0.4, 0.5) is 0 Å². The molecule has 0 bridgehead atoms. The van der Waals surface area contributed by atoms with Gasteiger partial charge >= 0.3 is 0 Å². The molecule has 0 aromatic rings. The van der Waals surface area contributed by atoms with Crippen LogP contribution in [0.1, 0.15) is 39.5 Å². The highest BCUT2D eigenvalue weighted by Gasteiger charge is 2.23. The first-order valence-electron chi connectivity index (χ1n) is 6.29. The van der Waals surface area contributed by atoms with E-state index in [1.54, 1.807) is 0 Å². The first-order valence-corrected chi connectivity index (χ1v) is 6.29. The van der Waals surface area contributed by atoms with Crippen LogP contribution in [-0.2, 0) is 4.79 Å². The summed E-state index contributed by atoms with van der Waals surface area (Å²) in [5.41, 5.74) is 0. The largest absolute Gasteiger partial charge is 0.355 e. The minimum atomic E-state index is -0.00948. The van der Waals surface area contributed by atoms with Gasteiger partial charge in [0.15, 0.2) is 0 Å². The molecule has 3 unspecified atom stereocenters. The number of hydrogen-bond acceptors (Lipinski definition) is 2. The van der Waals surface area contributed by atoms with Gasteiger partial charge in [0.05, 0.1) is 6.04 Å². The molecule has 1 aliphatic heterocycles. The number of nitrogens with one attached hydrogen (secondary N) is 2. The second kappa shape index (κ2) is 6.69. The van der Waals surface area contributed by atoms with Crippen molar-refractivity contribution < 1.29 is 4.79 Å². The molecule has 16 heavy (non-hydrogen) atoms. The predicted molar refractivity (Wildman–Crippen MR) is 67.2 cm³/mol. The van der Waals surface area contributed by atoms with E-state index in [1.165, 1.54) is 0 Å². The summed E-state index contributed by atoms with van der Waals surface area (Å²) in [6.45, 7) is 8.91. The molecule has 0 aliphatic carbocycles. The fraction of sp³-hybridized carbons (Fsp3) is 0.769. The lowest BCUT2D eigenvalue weighted by atomic mass is 9.98. The number of carbonyl (C=O) groups is 1. The van der Waals surface area contributed by atoms with Crippen LogP contribution in [0, 0.1) is 5.92 Å². The van der Waals surface area contributed by atoms with Crippen LogP contribution < -0.4 is 10.6 Å². The van der Waals surface area contributed by atoms with Crippen LogP contribution in [0.2, 0.25) is 0 Å². The first kappa shape index (κ1) is 13.2. The normalized spacial score (nSPS) is 25.4. The molecule has 2 N–H and O–H groups in total. The van der Waals surface area contributed by atoms with Crippen LogP contribution in [0.15, 0.2) is 12.7 Å². The zero-order valence-electron chi connectivity index (χ0n) is 10.5. The Balaban J connectivity index is 2.44. The molecule has 0 spiro atoms. The van der Waals surface area contributed by atoms with Crippen molar-refractivity contribution in [3.05, 3.63) is 12.7 Å². The fourth-order valence-electron chi connectivity index (χ4n) is 2.05. The van der Waals surface area contributed by atoms with Gasteiger partial charge in [-0.15, -0.1) is 6.58 Å². The van der Waals surface area contributed by atoms with Gasteiger partial charge in [0.25, 0.3) is 0 Å². The summed E-state index contributed by atoms with van der Waals surface area (Å²) in [5.74, 6) is 0.684. The Morgan fingerprint density at radius 3 is 3.00 bits per heavy atom. The van der Waals surface area contributed by atoms with Gasteiger partial charge < -0.3 is 10.6 Å². The summed E-state index contributed by atoms with van der Waals surface area (Å²) in [7, 11) is 0. The molecule has 0 aromatic carbocycles. The molecule has 0 radical (unpaired) electrons. The third kappa shape index (κ3) is 3.97. The molecule has 0 saturated carbocycles. The van der Waals surface area contributed by atoms with E-state index in [0.717, 1.165) is 32.2 Å². The summed E-state index contributed by atoms with van der Waals surface area (Å²) in [6, 6.07) is 0.344. The molecule has 1 aliphatic rings. The summed E-state index contributed by atoms with van der Waals surface area (Å²) in [4.78, 5) is 11.7. The van der Waals surface area contributed by atoms with Crippen molar-refractivity contribution in [3.8, 4) is 0 Å². The number of rotatable bonds is 5. The summed E-state index contributed by atoms with van der Waals surface area (Å²) in [5, 5.41) is 6.38. The summed E-state index contributed by atoms with van der Waals surface area (Å²) in [6.07, 6.45) is 6.11. The lowest BCUT2D eigenvalue weighted by molar-refractivity contribution is -0.123. The van der Waals surface area contributed by atoms with Gasteiger partial charge in [-0.25, -0.2) is 0 Å². The van der Waals surface area contributed by atoms with Crippen molar-refractivity contribution in [3.63, 3.8) is 0 Å². The van der Waals surface area contributed by atoms with E-state index in [1.807, 2.05) is 6.08 Å². The molecular formula is C13H24N2O. The molecule has 1 fully saturated rings. The van der Waals surface area contributed by atoms with Gasteiger partial charge in [0.1, 0.15) is 0 Å². The fourth-order valence-corrected chi connectivity index (χ4v) is 2.05. The Kier molecular flexibility index (Phi) is 5.53. The Morgan fingerprint density at radius 1 is 1.56 bits per heavy atom. The van der Waals surface area contributed by atoms with E-state index in [-0.39, 0.29) is 11.9 Å². The minimum Gasteiger partial charge on any atom is -0.355 e. The summed E-state index contributed by atoms with van der Waals surface area (Å²) < 4.78 is 0. The molecule has 1 amide bonds. The Bertz CT molecular complexity index is 240. The predicted octanol–water partition coefficient (Wildman–Crippen LogP) is 1.85. The quantitative estimate of drug-likeness (QED) is 0.700. The monoisotopic (exact) mass is 224 g/mol. The zero-order valence-corrected chi connectivity index (χ0v) is 10.5. The van der Waals surface area contributed by atoms with Crippen LogP contribution in [-0.4, -0.2) is 24.5 Å². The molecule has 1 saturated heterocycles. The maximum absolute atomic E-state index is 11.7. The number of carbonyl (C=O) groups excluding carboxylic acids is 1. The van der Waals surface area contributed by atoms with E-state index < -0.39 is 0 Å². The summed E-state index contributed by atoms with van der Waals surface area (Å²) >= 11 is 0. The van der Waals surface area contributed by atoms with Gasteiger partial charge in [-0.05, 0) is 38.5 Å². The highest BCUT2D eigenvalue weighted by Crippen LogP contribution is 2.12. The topological polar surface area (TPSA) is 41.1 Å². The minimum absolute atomic E-state index is 0.00948. The van der Waals surface area contributed by atoms with E-state index in [2.05, 4.69) is 31.1 Å². The third-order valence-electron chi connectivity index (χ3n) is 3.39. The second-order valence-corrected chi connectivity index (χ2v) is 4.80. The van der Waals surface area contributed by atoms with Crippen molar-refractivity contribution >= 4 is 5.91 Å². The van der Waals surface area contributed by atoms with Gasteiger partial charge in [-0.1, -0.05) is 13.0 Å². The van der Waals surface area contributed by atoms with Crippen molar-refractivity contribution in [2.24, 2.45) is 5.92 Å². The van der Waals surface area contributed by atoms with Crippen molar-refractivity contribution in [1.82, 2.24) is 10.6 Å². The van der Waals surface area contributed by atoms with Gasteiger partial charge in [-0.2, -0.15) is 0 Å². The highest BCUT2D eigenvalue weighted by molar-refractivity contribution is 5.81. The van der Waals surface area contributed by atoms with Crippen molar-refractivity contribution in [2.75, 3.05) is 6.54 Å². The lowest BCUT2D eigenvalue weighted by Gasteiger charge is -2.25.